The second kappa shape index (κ2) is 23.1. The van der Waals surface area contributed by atoms with E-state index in [4.69, 9.17) is 14.1 Å². The van der Waals surface area contributed by atoms with Crippen LogP contribution in [0.4, 0.5) is 22.7 Å². The molecule has 0 radical (unpaired) electrons. The number of rotatable bonds is 8. The Bertz CT molecular complexity index is 4930. The minimum atomic E-state index is -0.134. The van der Waals surface area contributed by atoms with Crippen LogP contribution in [-0.2, 0) is 37.9 Å². The topological polar surface area (TPSA) is 46.7 Å². The molecule has 0 aliphatic carbocycles. The van der Waals surface area contributed by atoms with E-state index in [9.17, 15) is 0 Å². The van der Waals surface area contributed by atoms with Gasteiger partial charge in [0.25, 0.3) is 0 Å². The van der Waals surface area contributed by atoms with Crippen LogP contribution in [0.3, 0.4) is 0 Å². The summed E-state index contributed by atoms with van der Waals surface area (Å²) in [5, 5.41) is 4.30. The Hall–Kier alpha value is -8.87. The molecule has 0 unspecified atom stereocenters. The number of benzene rings is 9. The van der Waals surface area contributed by atoms with Crippen LogP contribution in [0, 0.1) is 20.8 Å². The number of ether oxygens (including phenoxy) is 1. The third kappa shape index (κ3) is 12.1. The number of anilines is 4. The molecule has 13 rings (SSSR count). The first-order chi connectivity index (χ1) is 45.2. The molecule has 6 nitrogen and oxygen atoms in total. The van der Waals surface area contributed by atoms with Crippen LogP contribution >= 0.6 is 0 Å². The van der Waals surface area contributed by atoms with Crippen molar-refractivity contribution in [2.75, 3.05) is 16.5 Å². The van der Waals surface area contributed by atoms with E-state index >= 15 is 0 Å². The number of pyridine rings is 1. The fourth-order valence-corrected chi connectivity index (χ4v) is 14.4. The Labute approximate surface area is 578 Å². The van der Waals surface area contributed by atoms with Gasteiger partial charge in [0.1, 0.15) is 35.2 Å². The van der Waals surface area contributed by atoms with Gasteiger partial charge in [-0.05, 0) is 197 Å². The smallest absolute Gasteiger partial charge is 0.145 e. The molecule has 0 spiro atoms. The van der Waals surface area contributed by atoms with Crippen LogP contribution in [0.25, 0.3) is 82.9 Å². The minimum Gasteiger partial charge on any atom is -0.457 e. The van der Waals surface area contributed by atoms with Gasteiger partial charge in [-0.2, -0.15) is 0 Å². The van der Waals surface area contributed by atoms with E-state index in [-0.39, 0.29) is 37.9 Å². The van der Waals surface area contributed by atoms with Gasteiger partial charge in [0.2, 0.25) is 0 Å². The molecule has 12 aromatic rings. The van der Waals surface area contributed by atoms with E-state index in [2.05, 4.69) is 344 Å². The molecule has 4 heterocycles. The highest BCUT2D eigenvalue weighted by Gasteiger charge is 2.36. The molecule has 0 bridgehead atoms. The van der Waals surface area contributed by atoms with Gasteiger partial charge in [0, 0.05) is 51.3 Å². The molecule has 97 heavy (non-hydrogen) atoms. The van der Waals surface area contributed by atoms with Gasteiger partial charge in [-0.25, -0.2) is 4.98 Å². The first kappa shape index (κ1) is 66.7. The lowest BCUT2D eigenvalue weighted by atomic mass is 9.76. The fourth-order valence-electron chi connectivity index (χ4n) is 14.4. The number of hydrogen-bond acceptors (Lipinski definition) is 5. The maximum atomic E-state index is 7.50. The van der Waals surface area contributed by atoms with Crippen LogP contribution in [0.15, 0.2) is 174 Å². The SMILES string of the molecule is Cc1c(C)c(-c2cc(C(C)(C)C)cc(C(C)(C)C)c2)c(N2CN(c3cccc(Oc4cc(-c5cc(C(C)(C)C)cc(C(C)(C)C)c5)c5c6c7oc8ccccc8c7ccc6n(-c6cc(C(C)(C)C)ccn6)c5c4)c3)c3ccccc32)c(-c2cc(C(C)(C)C)cc(C(C)(C)C)c2)c1C. The Balaban J connectivity index is 1.04. The Morgan fingerprint density at radius 1 is 0.381 bits per heavy atom. The molecule has 9 aromatic carbocycles. The van der Waals surface area contributed by atoms with Gasteiger partial charge in [0.15, 0.2) is 0 Å². The third-order valence-electron chi connectivity index (χ3n) is 20.8. The van der Waals surface area contributed by atoms with Crippen molar-refractivity contribution in [1.82, 2.24) is 9.55 Å². The summed E-state index contributed by atoms with van der Waals surface area (Å²) in [4.78, 5) is 10.3. The highest BCUT2D eigenvalue weighted by molar-refractivity contribution is 6.27. The molecule has 3 aromatic heterocycles. The van der Waals surface area contributed by atoms with Crippen LogP contribution in [0.2, 0.25) is 0 Å². The minimum absolute atomic E-state index is 0.0875. The molecule has 0 saturated carbocycles. The number of aromatic nitrogens is 2. The molecule has 1 aliphatic heterocycles. The van der Waals surface area contributed by atoms with E-state index in [1.54, 1.807) is 0 Å². The largest absolute Gasteiger partial charge is 0.457 e. The number of furan rings is 1. The van der Waals surface area contributed by atoms with Crippen molar-refractivity contribution in [3.8, 4) is 50.7 Å². The number of para-hydroxylation sites is 3. The molecule has 0 N–H and O–H groups in total. The van der Waals surface area contributed by atoms with E-state index in [0.29, 0.717) is 6.67 Å². The maximum Gasteiger partial charge on any atom is 0.145 e. The Morgan fingerprint density at radius 2 is 0.866 bits per heavy atom. The van der Waals surface area contributed by atoms with Gasteiger partial charge in [-0.3, -0.25) is 4.57 Å². The second-order valence-electron chi connectivity index (χ2n) is 35.2. The van der Waals surface area contributed by atoms with Gasteiger partial charge in [-0.1, -0.05) is 236 Å². The van der Waals surface area contributed by atoms with Gasteiger partial charge in [-0.15, -0.1) is 0 Å². The summed E-state index contributed by atoms with van der Waals surface area (Å²) in [6.45, 7) is 56.6. The first-order valence-corrected chi connectivity index (χ1v) is 35.2. The third-order valence-corrected chi connectivity index (χ3v) is 20.8. The predicted molar refractivity (Wildman–Crippen MR) is 416 cm³/mol. The van der Waals surface area contributed by atoms with Crippen LogP contribution in [0.5, 0.6) is 11.5 Å². The molecule has 0 saturated heterocycles. The molecule has 0 fully saturated rings. The summed E-state index contributed by atoms with van der Waals surface area (Å²) in [5.41, 5.74) is 27.7. The standard InChI is InChI=1S/C91H102N4O2/c1-54-55(2)79(58-42-63(88(13,14)15)47-64(43-58)89(16,17)18)83(80(56(54)3)59-44-65(90(19,20)21)48-66(45-59)91(22,23)24)94-53-93(73-33-26-27-34-74(73)94)67-30-29-31-68(50-67)96-69-51-72(57-40-61(86(7,8)9)46-62(41-57)87(10,11)12)81-76(52-69)95(78-49-60(38-39-92-78)85(4,5)6)75-37-36-71-70-32-25-28-35-77(70)97-84(71)82(75)81/h25-52H,53H2,1-24H3. The predicted octanol–water partition coefficient (Wildman–Crippen LogP) is 26.1. The van der Waals surface area contributed by atoms with Crippen molar-refractivity contribution in [3.63, 3.8) is 0 Å². The highest BCUT2D eigenvalue weighted by Crippen LogP contribution is 2.55. The summed E-state index contributed by atoms with van der Waals surface area (Å²) in [5.74, 6) is 2.29. The monoisotopic (exact) mass is 1280 g/mol. The van der Waals surface area contributed by atoms with Crippen LogP contribution in [0.1, 0.15) is 201 Å². The lowest BCUT2D eigenvalue weighted by Crippen LogP contribution is -2.26. The molecule has 1 aliphatic rings. The number of fused-ring (bicyclic) bond motifs is 8. The maximum absolute atomic E-state index is 7.50. The summed E-state index contributed by atoms with van der Waals surface area (Å²) in [7, 11) is 0. The highest BCUT2D eigenvalue weighted by atomic mass is 16.5. The van der Waals surface area contributed by atoms with Crippen LogP contribution < -0.4 is 14.5 Å². The normalized spacial score (nSPS) is 13.7. The van der Waals surface area contributed by atoms with E-state index in [1.165, 1.54) is 83.6 Å². The van der Waals surface area contributed by atoms with Crippen LogP contribution in [-0.4, -0.2) is 16.2 Å². The number of hydrogen-bond donors (Lipinski definition) is 0. The van der Waals surface area contributed by atoms with E-state index < -0.39 is 0 Å². The van der Waals surface area contributed by atoms with Gasteiger partial charge in [0.05, 0.1) is 33.5 Å². The Morgan fingerprint density at radius 3 is 1.38 bits per heavy atom. The van der Waals surface area contributed by atoms with Crippen molar-refractivity contribution in [3.05, 3.63) is 226 Å². The van der Waals surface area contributed by atoms with Crippen molar-refractivity contribution in [2.45, 2.75) is 204 Å². The summed E-state index contributed by atoms with van der Waals surface area (Å²) in [6, 6.07) is 61.8. The molecule has 0 atom stereocenters. The molecule has 0 amide bonds. The van der Waals surface area contributed by atoms with Gasteiger partial charge >= 0.3 is 0 Å². The van der Waals surface area contributed by atoms with Crippen molar-refractivity contribution >= 4 is 66.5 Å². The van der Waals surface area contributed by atoms with Crippen molar-refractivity contribution < 1.29 is 9.15 Å². The van der Waals surface area contributed by atoms with Crippen molar-refractivity contribution in [1.29, 1.82) is 0 Å². The first-order valence-electron chi connectivity index (χ1n) is 35.2. The van der Waals surface area contributed by atoms with Gasteiger partial charge < -0.3 is 19.0 Å². The Kier molecular flexibility index (Phi) is 15.9. The zero-order valence-corrected chi connectivity index (χ0v) is 62.5. The number of nitrogens with zero attached hydrogens (tertiary/aromatic N) is 4. The lowest BCUT2D eigenvalue weighted by molar-refractivity contribution is 0.483. The van der Waals surface area contributed by atoms with E-state index in [0.717, 1.165) is 89.3 Å². The zero-order valence-electron chi connectivity index (χ0n) is 62.5. The van der Waals surface area contributed by atoms with E-state index in [1.807, 2.05) is 6.20 Å². The molecular weight excluding hydrogens is 1180 g/mol. The zero-order chi connectivity index (χ0) is 69.8. The summed E-state index contributed by atoms with van der Waals surface area (Å²) in [6.07, 6.45) is 1.96. The average molecular weight is 1280 g/mol. The summed E-state index contributed by atoms with van der Waals surface area (Å²) >= 11 is 0. The lowest BCUT2D eigenvalue weighted by Gasteiger charge is -2.33. The molecular formula is C91H102N4O2. The fraction of sp³-hybridized carbons (Fsp3) is 0.352. The quantitative estimate of drug-likeness (QED) is 0.152. The average Bonchev–Trinajstić information content (AvgIpc) is 1.69. The molecule has 498 valence electrons. The van der Waals surface area contributed by atoms with Crippen molar-refractivity contribution in [2.24, 2.45) is 0 Å². The second-order valence-corrected chi connectivity index (χ2v) is 35.2. The summed E-state index contributed by atoms with van der Waals surface area (Å²) < 4.78 is 16.9. The molecule has 6 heteroatoms.